The van der Waals surface area contributed by atoms with E-state index in [1.54, 1.807) is 26.0 Å². The van der Waals surface area contributed by atoms with Crippen molar-refractivity contribution in [3.63, 3.8) is 0 Å². The molecule has 3 heterocycles. The number of hydrogen-bond acceptors (Lipinski definition) is 4. The molecule has 1 saturated heterocycles. The number of aryl methyl sites for hydroxylation is 1. The maximum atomic E-state index is 15.6. The molecule has 37 heavy (non-hydrogen) atoms. The molecule has 0 spiro atoms. The first kappa shape index (κ1) is 25.8. The van der Waals surface area contributed by atoms with E-state index in [9.17, 15) is 17.6 Å². The lowest BCUT2D eigenvalue weighted by Gasteiger charge is -2.43. The van der Waals surface area contributed by atoms with Crippen LogP contribution in [0.5, 0.6) is 0 Å². The molecule has 2 atom stereocenters. The molecule has 5 rings (SSSR count). The molecule has 0 unspecified atom stereocenters. The van der Waals surface area contributed by atoms with Crippen LogP contribution in [0.3, 0.4) is 0 Å². The maximum Gasteiger partial charge on any atom is 0.401 e. The molecule has 2 aliphatic heterocycles. The highest BCUT2D eigenvalue weighted by molar-refractivity contribution is 5.81. The van der Waals surface area contributed by atoms with Crippen molar-refractivity contribution in [1.29, 1.82) is 0 Å². The molecule has 0 aliphatic carbocycles. The molecular weight excluding hydrogens is 496 g/mol. The molecule has 0 bridgehead atoms. The highest BCUT2D eigenvalue weighted by atomic mass is 19.4. The first-order chi connectivity index (χ1) is 17.5. The topological polar surface area (TPSA) is 47.2 Å². The second-order valence-electron chi connectivity index (χ2n) is 10.1. The molecule has 2 aromatic carbocycles. The number of hydrogen-bond donors (Lipinski definition) is 2. The number of anilines is 1. The fourth-order valence-electron chi connectivity index (χ4n) is 5.65. The number of nitrogens with zero attached hydrogens (tertiary/aromatic N) is 3. The fourth-order valence-corrected chi connectivity index (χ4v) is 5.65. The highest BCUT2D eigenvalue weighted by Gasteiger charge is 2.43. The van der Waals surface area contributed by atoms with Gasteiger partial charge in [0.2, 0.25) is 0 Å². The Kier molecular flexibility index (Phi) is 6.86. The molecule has 1 fully saturated rings. The molecule has 2 aliphatic rings. The van der Waals surface area contributed by atoms with E-state index < -0.39 is 48.7 Å². The monoisotopic (exact) mass is 525 g/mol. The molecule has 1 aromatic heterocycles. The van der Waals surface area contributed by atoms with E-state index in [2.05, 4.69) is 15.3 Å². The van der Waals surface area contributed by atoms with Gasteiger partial charge in [-0.05, 0) is 56.0 Å². The van der Waals surface area contributed by atoms with Gasteiger partial charge in [-0.2, -0.15) is 13.2 Å². The van der Waals surface area contributed by atoms with Crippen molar-refractivity contribution in [2.24, 2.45) is 0 Å². The van der Waals surface area contributed by atoms with E-state index in [1.807, 2.05) is 4.90 Å². The van der Waals surface area contributed by atoms with Crippen molar-refractivity contribution >= 4 is 16.7 Å². The second-order valence-corrected chi connectivity index (χ2v) is 10.1. The Morgan fingerprint density at radius 1 is 1.14 bits per heavy atom. The van der Waals surface area contributed by atoms with Crippen LogP contribution in [0.25, 0.3) is 11.0 Å². The zero-order chi connectivity index (χ0) is 26.5. The number of fused-ring (bicyclic) bond motifs is 3. The number of imidazole rings is 1. The summed E-state index contributed by atoms with van der Waals surface area (Å²) in [7, 11) is 0. The summed E-state index contributed by atoms with van der Waals surface area (Å²) in [6.45, 7) is 3.58. The minimum absolute atomic E-state index is 0.0439. The van der Waals surface area contributed by atoms with Crippen LogP contribution in [0.1, 0.15) is 41.9 Å². The summed E-state index contributed by atoms with van der Waals surface area (Å²) in [4.78, 5) is 10.8. The SMILES string of the molecule is Cc1nc2c3c(ccc2[nH]1)[C@@H](c1c(F)cc(NC2CN(CCCF)C2)cc1F)N(CC(F)(F)F)[C@H](C)C3. The van der Waals surface area contributed by atoms with Gasteiger partial charge in [-0.25, -0.2) is 13.8 Å². The van der Waals surface area contributed by atoms with Crippen LogP contribution in [0.4, 0.5) is 32.0 Å². The number of aromatic amines is 1. The summed E-state index contributed by atoms with van der Waals surface area (Å²) < 4.78 is 84.4. The number of alkyl halides is 4. The normalized spacial score (nSPS) is 21.3. The molecule has 0 amide bonds. The van der Waals surface area contributed by atoms with Gasteiger partial charge in [0.1, 0.15) is 17.5 Å². The first-order valence-electron chi connectivity index (χ1n) is 12.4. The Hall–Kier alpha value is -2.79. The van der Waals surface area contributed by atoms with Crippen molar-refractivity contribution in [2.75, 3.05) is 38.2 Å². The van der Waals surface area contributed by atoms with Crippen LogP contribution in [-0.4, -0.2) is 70.9 Å². The number of nitrogens with one attached hydrogen (secondary N) is 2. The van der Waals surface area contributed by atoms with Crippen molar-refractivity contribution in [3.8, 4) is 0 Å². The molecule has 0 saturated carbocycles. The van der Waals surface area contributed by atoms with Gasteiger partial charge in [0.05, 0.1) is 36.3 Å². The Balaban J connectivity index is 1.51. The van der Waals surface area contributed by atoms with Crippen LogP contribution in [0, 0.1) is 18.6 Å². The Morgan fingerprint density at radius 2 is 1.84 bits per heavy atom. The van der Waals surface area contributed by atoms with E-state index >= 15 is 8.78 Å². The minimum atomic E-state index is -4.55. The number of benzene rings is 2. The van der Waals surface area contributed by atoms with Gasteiger partial charge < -0.3 is 10.3 Å². The average molecular weight is 526 g/mol. The maximum absolute atomic E-state index is 15.6. The number of halogens is 6. The van der Waals surface area contributed by atoms with E-state index in [0.717, 1.165) is 22.5 Å². The molecule has 3 aromatic rings. The lowest BCUT2D eigenvalue weighted by Crippen LogP contribution is -2.54. The summed E-state index contributed by atoms with van der Waals surface area (Å²) in [6.07, 6.45) is -3.85. The quantitative estimate of drug-likeness (QED) is 0.400. The predicted octanol–water partition coefficient (Wildman–Crippen LogP) is 5.50. The Morgan fingerprint density at radius 3 is 2.49 bits per heavy atom. The number of H-pyrrole nitrogens is 1. The van der Waals surface area contributed by atoms with Crippen molar-refractivity contribution < 1.29 is 26.3 Å². The minimum Gasteiger partial charge on any atom is -0.380 e. The van der Waals surface area contributed by atoms with Crippen LogP contribution >= 0.6 is 0 Å². The molecule has 0 radical (unpaired) electrons. The third kappa shape index (κ3) is 5.16. The third-order valence-electron chi connectivity index (χ3n) is 7.26. The highest BCUT2D eigenvalue weighted by Crippen LogP contribution is 2.43. The van der Waals surface area contributed by atoms with E-state index in [1.165, 1.54) is 0 Å². The zero-order valence-corrected chi connectivity index (χ0v) is 20.6. The molecule has 2 N–H and O–H groups in total. The van der Waals surface area contributed by atoms with Crippen LogP contribution < -0.4 is 5.32 Å². The molecule has 5 nitrogen and oxygen atoms in total. The Labute approximate surface area is 210 Å². The average Bonchev–Trinajstić information content (AvgIpc) is 3.16. The summed E-state index contributed by atoms with van der Waals surface area (Å²) in [6, 6.07) is 3.67. The fraction of sp³-hybridized carbons (Fsp3) is 0.500. The summed E-state index contributed by atoms with van der Waals surface area (Å²) in [5.41, 5.74) is 2.27. The van der Waals surface area contributed by atoms with Crippen molar-refractivity contribution in [3.05, 3.63) is 58.4 Å². The summed E-state index contributed by atoms with van der Waals surface area (Å²) >= 11 is 0. The van der Waals surface area contributed by atoms with E-state index in [0.29, 0.717) is 48.5 Å². The van der Waals surface area contributed by atoms with Gasteiger partial charge >= 0.3 is 6.18 Å². The predicted molar refractivity (Wildman–Crippen MR) is 129 cm³/mol. The zero-order valence-electron chi connectivity index (χ0n) is 20.6. The summed E-state index contributed by atoms with van der Waals surface area (Å²) in [5.74, 6) is -1.17. The lowest BCUT2D eigenvalue weighted by molar-refractivity contribution is -0.155. The van der Waals surface area contributed by atoms with Gasteiger partial charge in [0.25, 0.3) is 0 Å². The standard InChI is InChI=1S/C26H29F6N5/c1-14-8-19-18(4-5-22-24(19)34-15(2)33-22)25(37(14)13-26(30,31)32)23-20(28)9-16(10-21(23)29)35-17-11-36(12-17)7-3-6-27/h4-5,9-10,14,17,25,35H,3,6-8,11-13H2,1-2H3,(H,33,34)/t14-,25+/m1/s1. The van der Waals surface area contributed by atoms with Crippen LogP contribution in [0.15, 0.2) is 24.3 Å². The van der Waals surface area contributed by atoms with Gasteiger partial charge in [-0.15, -0.1) is 0 Å². The number of likely N-dealkylation sites (tertiary alicyclic amines) is 1. The van der Waals surface area contributed by atoms with Crippen molar-refractivity contribution in [2.45, 2.75) is 51.0 Å². The molecule has 11 heteroatoms. The van der Waals surface area contributed by atoms with Crippen LogP contribution in [0.2, 0.25) is 0 Å². The van der Waals surface area contributed by atoms with Gasteiger partial charge in [-0.3, -0.25) is 14.2 Å². The number of aromatic nitrogens is 2. The molecular formula is C26H29F6N5. The van der Waals surface area contributed by atoms with E-state index in [-0.39, 0.29) is 18.2 Å². The first-order valence-corrected chi connectivity index (χ1v) is 12.4. The molecule has 200 valence electrons. The smallest absolute Gasteiger partial charge is 0.380 e. The lowest BCUT2D eigenvalue weighted by atomic mass is 9.83. The third-order valence-corrected chi connectivity index (χ3v) is 7.26. The van der Waals surface area contributed by atoms with Crippen LogP contribution in [-0.2, 0) is 6.42 Å². The Bertz CT molecular complexity index is 1260. The largest absolute Gasteiger partial charge is 0.401 e. The summed E-state index contributed by atoms with van der Waals surface area (Å²) in [5, 5.41) is 3.08. The van der Waals surface area contributed by atoms with Gasteiger partial charge in [0.15, 0.2) is 0 Å². The van der Waals surface area contributed by atoms with Gasteiger partial charge in [0, 0.05) is 36.9 Å². The van der Waals surface area contributed by atoms with Gasteiger partial charge in [-0.1, -0.05) is 6.07 Å². The second kappa shape index (κ2) is 9.83. The number of rotatable bonds is 7. The van der Waals surface area contributed by atoms with Crippen molar-refractivity contribution in [1.82, 2.24) is 19.8 Å². The van der Waals surface area contributed by atoms with E-state index in [4.69, 9.17) is 0 Å².